The molecule has 0 spiro atoms. The number of allylic oxidation sites excluding steroid dienone is 1. The Hall–Kier alpha value is -0.510. The van der Waals surface area contributed by atoms with Gasteiger partial charge < -0.3 is 4.74 Å². The third-order valence-corrected chi connectivity index (χ3v) is 3.95. The van der Waals surface area contributed by atoms with E-state index >= 15 is 0 Å². The lowest BCUT2D eigenvalue weighted by Crippen LogP contribution is -2.25. The molecule has 1 aliphatic heterocycles. The zero-order valence-corrected chi connectivity index (χ0v) is 8.72. The SMILES string of the molecule is C/C=C/OCC1CCS(=O)(=O)CC1. The molecule has 1 heterocycles. The van der Waals surface area contributed by atoms with Crippen molar-refractivity contribution >= 4 is 9.84 Å². The standard InChI is InChI=1S/C9H16O3S/c1-2-5-12-8-9-3-6-13(10,11)7-4-9/h2,5,9H,3-4,6-8H2,1H3/b5-2+. The highest BCUT2D eigenvalue weighted by molar-refractivity contribution is 7.91. The Kier molecular flexibility index (Phi) is 3.78. The van der Waals surface area contributed by atoms with E-state index in [2.05, 4.69) is 0 Å². The van der Waals surface area contributed by atoms with Gasteiger partial charge in [0.05, 0.1) is 24.4 Å². The van der Waals surface area contributed by atoms with E-state index < -0.39 is 9.84 Å². The van der Waals surface area contributed by atoms with Crippen LogP contribution in [0.5, 0.6) is 0 Å². The van der Waals surface area contributed by atoms with Crippen molar-refractivity contribution < 1.29 is 13.2 Å². The largest absolute Gasteiger partial charge is 0.501 e. The van der Waals surface area contributed by atoms with Gasteiger partial charge in [0.25, 0.3) is 0 Å². The molecule has 13 heavy (non-hydrogen) atoms. The summed E-state index contributed by atoms with van der Waals surface area (Å²) in [5, 5.41) is 0. The smallest absolute Gasteiger partial charge is 0.150 e. The summed E-state index contributed by atoms with van der Waals surface area (Å²) in [5.74, 6) is 1.08. The second-order valence-electron chi connectivity index (χ2n) is 3.40. The van der Waals surface area contributed by atoms with E-state index in [0.717, 1.165) is 12.8 Å². The quantitative estimate of drug-likeness (QED) is 0.652. The molecular formula is C9H16O3S. The van der Waals surface area contributed by atoms with E-state index in [1.165, 1.54) is 0 Å². The van der Waals surface area contributed by atoms with Gasteiger partial charge in [-0.1, -0.05) is 6.08 Å². The molecule has 0 bridgehead atoms. The van der Waals surface area contributed by atoms with Crippen LogP contribution in [0.25, 0.3) is 0 Å². The predicted octanol–water partition coefficient (Wildman–Crippen LogP) is 1.36. The minimum atomic E-state index is -2.72. The molecule has 1 saturated heterocycles. The first-order chi connectivity index (χ1) is 6.14. The molecule has 0 aliphatic carbocycles. The molecule has 0 aromatic rings. The Labute approximate surface area is 79.7 Å². The summed E-state index contributed by atoms with van der Waals surface area (Å²) < 4.78 is 27.4. The Morgan fingerprint density at radius 2 is 2.00 bits per heavy atom. The van der Waals surface area contributed by atoms with Crippen LogP contribution < -0.4 is 0 Å². The maximum Gasteiger partial charge on any atom is 0.150 e. The Morgan fingerprint density at radius 3 is 2.54 bits per heavy atom. The molecule has 0 N–H and O–H groups in total. The predicted molar refractivity (Wildman–Crippen MR) is 52.1 cm³/mol. The van der Waals surface area contributed by atoms with Crippen molar-refractivity contribution in [1.29, 1.82) is 0 Å². The first kappa shape index (κ1) is 10.6. The Bertz CT molecular complexity index is 253. The summed E-state index contributed by atoms with van der Waals surface area (Å²) in [6.45, 7) is 2.55. The molecule has 0 aromatic carbocycles. The topological polar surface area (TPSA) is 43.4 Å². The van der Waals surface area contributed by atoms with Gasteiger partial charge in [-0.25, -0.2) is 8.42 Å². The molecule has 76 valence electrons. The fraction of sp³-hybridized carbons (Fsp3) is 0.778. The molecule has 4 heteroatoms. The number of ether oxygens (including phenoxy) is 1. The number of hydrogen-bond acceptors (Lipinski definition) is 3. The Morgan fingerprint density at radius 1 is 1.38 bits per heavy atom. The van der Waals surface area contributed by atoms with Crippen molar-refractivity contribution in [3.63, 3.8) is 0 Å². The van der Waals surface area contributed by atoms with E-state index in [-0.39, 0.29) is 0 Å². The van der Waals surface area contributed by atoms with Gasteiger partial charge in [-0.05, 0) is 25.7 Å². The molecule has 0 atom stereocenters. The number of hydrogen-bond donors (Lipinski definition) is 0. The van der Waals surface area contributed by atoms with Crippen LogP contribution >= 0.6 is 0 Å². The van der Waals surface area contributed by atoms with Crippen molar-refractivity contribution in [2.75, 3.05) is 18.1 Å². The molecule has 3 nitrogen and oxygen atoms in total. The minimum Gasteiger partial charge on any atom is -0.501 e. The van der Waals surface area contributed by atoms with Gasteiger partial charge in [0.2, 0.25) is 0 Å². The van der Waals surface area contributed by atoms with E-state index in [1.54, 1.807) is 6.26 Å². The fourth-order valence-electron chi connectivity index (χ4n) is 1.39. The van der Waals surface area contributed by atoms with Crippen molar-refractivity contribution in [2.45, 2.75) is 19.8 Å². The van der Waals surface area contributed by atoms with Gasteiger partial charge >= 0.3 is 0 Å². The van der Waals surface area contributed by atoms with Crippen molar-refractivity contribution in [2.24, 2.45) is 5.92 Å². The monoisotopic (exact) mass is 204 g/mol. The minimum absolute atomic E-state index is 0.330. The highest BCUT2D eigenvalue weighted by Crippen LogP contribution is 2.18. The van der Waals surface area contributed by atoms with E-state index in [0.29, 0.717) is 24.0 Å². The molecule has 0 aromatic heterocycles. The van der Waals surface area contributed by atoms with Crippen molar-refractivity contribution in [1.82, 2.24) is 0 Å². The first-order valence-corrected chi connectivity index (χ1v) is 6.39. The Balaban J connectivity index is 2.25. The van der Waals surface area contributed by atoms with Crippen molar-refractivity contribution in [3.8, 4) is 0 Å². The normalized spacial score (nSPS) is 23.5. The van der Waals surface area contributed by atoms with Gasteiger partial charge in [0.15, 0.2) is 0 Å². The van der Waals surface area contributed by atoms with Crippen LogP contribution in [-0.4, -0.2) is 26.5 Å². The van der Waals surface area contributed by atoms with Gasteiger partial charge in [0, 0.05) is 0 Å². The average molecular weight is 204 g/mol. The summed E-state index contributed by atoms with van der Waals surface area (Å²) >= 11 is 0. The zero-order chi connectivity index (χ0) is 9.73. The van der Waals surface area contributed by atoms with Crippen LogP contribution in [0, 0.1) is 5.92 Å². The number of sulfone groups is 1. The maximum atomic E-state index is 11.1. The van der Waals surface area contributed by atoms with Gasteiger partial charge in [-0.2, -0.15) is 0 Å². The van der Waals surface area contributed by atoms with Gasteiger partial charge in [-0.15, -0.1) is 0 Å². The van der Waals surface area contributed by atoms with Crippen LogP contribution in [0.4, 0.5) is 0 Å². The zero-order valence-electron chi connectivity index (χ0n) is 7.90. The molecule has 0 amide bonds. The lowest BCUT2D eigenvalue weighted by Gasteiger charge is -2.20. The van der Waals surface area contributed by atoms with Crippen LogP contribution in [0.2, 0.25) is 0 Å². The molecule has 0 saturated carbocycles. The van der Waals surface area contributed by atoms with Crippen LogP contribution in [0.3, 0.4) is 0 Å². The summed E-state index contributed by atoms with van der Waals surface area (Å²) in [6, 6.07) is 0. The molecule has 1 fully saturated rings. The van der Waals surface area contributed by atoms with Gasteiger partial charge in [0.1, 0.15) is 9.84 Å². The molecule has 0 radical (unpaired) electrons. The number of rotatable bonds is 3. The van der Waals surface area contributed by atoms with Crippen LogP contribution in [0.15, 0.2) is 12.3 Å². The summed E-state index contributed by atoms with van der Waals surface area (Å²) in [5.41, 5.74) is 0. The lowest BCUT2D eigenvalue weighted by atomic mass is 10.0. The van der Waals surface area contributed by atoms with Crippen LogP contribution in [0.1, 0.15) is 19.8 Å². The van der Waals surface area contributed by atoms with Crippen LogP contribution in [-0.2, 0) is 14.6 Å². The van der Waals surface area contributed by atoms with E-state index in [1.807, 2.05) is 13.0 Å². The summed E-state index contributed by atoms with van der Waals surface area (Å²) in [4.78, 5) is 0. The first-order valence-electron chi connectivity index (χ1n) is 4.57. The molecule has 1 rings (SSSR count). The summed E-state index contributed by atoms with van der Waals surface area (Å²) in [6.07, 6.45) is 4.99. The maximum absolute atomic E-state index is 11.1. The second-order valence-corrected chi connectivity index (χ2v) is 5.70. The third-order valence-electron chi connectivity index (χ3n) is 2.24. The third kappa shape index (κ3) is 3.81. The highest BCUT2D eigenvalue weighted by atomic mass is 32.2. The van der Waals surface area contributed by atoms with Crippen molar-refractivity contribution in [3.05, 3.63) is 12.3 Å². The average Bonchev–Trinajstić information content (AvgIpc) is 2.08. The molecule has 0 unspecified atom stereocenters. The second kappa shape index (κ2) is 4.65. The van der Waals surface area contributed by atoms with E-state index in [4.69, 9.17) is 4.74 Å². The highest BCUT2D eigenvalue weighted by Gasteiger charge is 2.23. The molecular weight excluding hydrogens is 188 g/mol. The fourth-order valence-corrected chi connectivity index (χ4v) is 2.98. The summed E-state index contributed by atoms with van der Waals surface area (Å²) in [7, 11) is -2.72. The lowest BCUT2D eigenvalue weighted by molar-refractivity contribution is 0.186. The molecule has 1 aliphatic rings. The van der Waals surface area contributed by atoms with Gasteiger partial charge in [-0.3, -0.25) is 0 Å². The van der Waals surface area contributed by atoms with E-state index in [9.17, 15) is 8.42 Å².